The van der Waals surface area contributed by atoms with Gasteiger partial charge in [-0.1, -0.05) is 39.5 Å². The van der Waals surface area contributed by atoms with Crippen LogP contribution < -0.4 is 0 Å². The molecule has 8 nitrogen and oxygen atoms in total. The lowest BCUT2D eigenvalue weighted by atomic mass is 10.1. The van der Waals surface area contributed by atoms with Crippen LogP contribution in [0.4, 0.5) is 0 Å². The second-order valence-corrected chi connectivity index (χ2v) is 7.51. The summed E-state index contributed by atoms with van der Waals surface area (Å²) in [5.41, 5.74) is 0. The molecule has 8 heteroatoms. The molecular weight excluding hydrogens is 416 g/mol. The Morgan fingerprint density at radius 2 is 0.781 bits per heavy atom. The van der Waals surface area contributed by atoms with Crippen molar-refractivity contribution < 1.29 is 38.0 Å². The highest BCUT2D eigenvalue weighted by molar-refractivity contribution is 5.69. The molecule has 0 bridgehead atoms. The summed E-state index contributed by atoms with van der Waals surface area (Å²) in [6.45, 7) is 9.29. The smallest absolute Gasteiger partial charge is 0.305 e. The Bertz CT molecular complexity index is 379. The van der Waals surface area contributed by atoms with Gasteiger partial charge in [0, 0.05) is 26.1 Å². The summed E-state index contributed by atoms with van der Waals surface area (Å²) in [5, 5.41) is 0. The van der Waals surface area contributed by atoms with E-state index in [0.29, 0.717) is 52.5 Å². The molecule has 0 aliphatic heterocycles. The first-order valence-electron chi connectivity index (χ1n) is 12.3. The molecule has 0 radical (unpaired) electrons. The van der Waals surface area contributed by atoms with Gasteiger partial charge in [0.15, 0.2) is 0 Å². The fourth-order valence-electron chi connectivity index (χ4n) is 2.60. The highest BCUT2D eigenvalue weighted by Crippen LogP contribution is 2.07. The quantitative estimate of drug-likeness (QED) is 0.148. The van der Waals surface area contributed by atoms with Gasteiger partial charge in [0.05, 0.1) is 39.6 Å². The number of carbonyl (C=O) groups excluding carboxylic acids is 2. The van der Waals surface area contributed by atoms with Gasteiger partial charge in [0.1, 0.15) is 13.2 Å². The summed E-state index contributed by atoms with van der Waals surface area (Å²) in [7, 11) is 0. The fourth-order valence-corrected chi connectivity index (χ4v) is 2.60. The molecule has 0 heterocycles. The molecule has 0 spiro atoms. The SMILES string of the molecule is CCCCOCCOCCOC(=O)CCCCCCC(=O)OCCOCCOCCCC. The molecule has 0 saturated carbocycles. The maximum absolute atomic E-state index is 11.7. The third kappa shape index (κ3) is 25.0. The van der Waals surface area contributed by atoms with Gasteiger partial charge in [-0.25, -0.2) is 0 Å². The van der Waals surface area contributed by atoms with Gasteiger partial charge in [0.25, 0.3) is 0 Å². The van der Waals surface area contributed by atoms with Crippen LogP contribution in [0.2, 0.25) is 0 Å². The van der Waals surface area contributed by atoms with Crippen LogP contribution in [-0.2, 0) is 38.0 Å². The summed E-state index contributed by atoms with van der Waals surface area (Å²) in [6, 6.07) is 0. The molecule has 0 fully saturated rings. The first kappa shape index (κ1) is 30.8. The molecule has 0 aromatic rings. The van der Waals surface area contributed by atoms with Crippen molar-refractivity contribution in [3.63, 3.8) is 0 Å². The van der Waals surface area contributed by atoms with Crippen molar-refractivity contribution >= 4 is 11.9 Å². The molecule has 190 valence electrons. The van der Waals surface area contributed by atoms with E-state index in [2.05, 4.69) is 13.8 Å². The third-order valence-electron chi connectivity index (χ3n) is 4.52. The number of rotatable bonds is 25. The zero-order valence-corrected chi connectivity index (χ0v) is 20.4. The second-order valence-electron chi connectivity index (χ2n) is 7.51. The topological polar surface area (TPSA) is 89.5 Å². The number of esters is 2. The maximum atomic E-state index is 11.7. The Kier molecular flexibility index (Phi) is 25.0. The maximum Gasteiger partial charge on any atom is 0.305 e. The largest absolute Gasteiger partial charge is 0.463 e. The molecule has 0 aromatic carbocycles. The molecular formula is C24H46O8. The van der Waals surface area contributed by atoms with Gasteiger partial charge >= 0.3 is 11.9 Å². The molecule has 0 aliphatic rings. The standard InChI is InChI=1S/C24H46O8/c1-3-5-13-27-15-17-29-19-21-31-23(25)11-9-7-8-10-12-24(26)32-22-20-30-18-16-28-14-6-4-2/h3-22H2,1-2H3. The lowest BCUT2D eigenvalue weighted by Gasteiger charge is -2.07. The summed E-state index contributed by atoms with van der Waals surface area (Å²) in [4.78, 5) is 23.3. The van der Waals surface area contributed by atoms with E-state index in [9.17, 15) is 9.59 Å². The first-order valence-corrected chi connectivity index (χ1v) is 12.3. The second kappa shape index (κ2) is 26.0. The van der Waals surface area contributed by atoms with E-state index in [-0.39, 0.29) is 25.2 Å². The van der Waals surface area contributed by atoms with E-state index in [0.717, 1.165) is 64.6 Å². The van der Waals surface area contributed by atoms with Crippen LogP contribution in [0.1, 0.15) is 78.1 Å². The minimum Gasteiger partial charge on any atom is -0.463 e. The Labute approximate surface area is 194 Å². The molecule has 32 heavy (non-hydrogen) atoms. The van der Waals surface area contributed by atoms with Crippen molar-refractivity contribution in [2.45, 2.75) is 78.1 Å². The van der Waals surface area contributed by atoms with Gasteiger partial charge < -0.3 is 28.4 Å². The Hall–Kier alpha value is -1.22. The number of unbranched alkanes of at least 4 members (excludes halogenated alkanes) is 5. The van der Waals surface area contributed by atoms with E-state index >= 15 is 0 Å². The zero-order valence-electron chi connectivity index (χ0n) is 20.4. The molecule has 0 amide bonds. The minimum atomic E-state index is -0.206. The summed E-state index contributed by atoms with van der Waals surface area (Å²) >= 11 is 0. The van der Waals surface area contributed by atoms with Crippen LogP contribution in [0.15, 0.2) is 0 Å². The Morgan fingerprint density at radius 1 is 0.438 bits per heavy atom. The molecule has 0 N–H and O–H groups in total. The molecule has 0 rings (SSSR count). The minimum absolute atomic E-state index is 0.206. The number of ether oxygens (including phenoxy) is 6. The van der Waals surface area contributed by atoms with Crippen LogP contribution in [0.5, 0.6) is 0 Å². The van der Waals surface area contributed by atoms with Crippen molar-refractivity contribution in [3.05, 3.63) is 0 Å². The van der Waals surface area contributed by atoms with Crippen molar-refractivity contribution in [2.24, 2.45) is 0 Å². The van der Waals surface area contributed by atoms with Crippen LogP contribution in [-0.4, -0.2) is 78.0 Å². The molecule has 0 atom stereocenters. The zero-order chi connectivity index (χ0) is 23.5. The Balaban J connectivity index is 3.27. The number of hydrogen-bond acceptors (Lipinski definition) is 8. The van der Waals surface area contributed by atoms with Gasteiger partial charge in [0.2, 0.25) is 0 Å². The van der Waals surface area contributed by atoms with E-state index in [1.807, 2.05) is 0 Å². The van der Waals surface area contributed by atoms with Crippen molar-refractivity contribution in [3.8, 4) is 0 Å². The monoisotopic (exact) mass is 462 g/mol. The average Bonchev–Trinajstić information content (AvgIpc) is 2.79. The van der Waals surface area contributed by atoms with Crippen LogP contribution in [0.3, 0.4) is 0 Å². The molecule has 0 aromatic heterocycles. The predicted molar refractivity (Wildman–Crippen MR) is 123 cm³/mol. The van der Waals surface area contributed by atoms with Crippen LogP contribution in [0.25, 0.3) is 0 Å². The number of hydrogen-bond donors (Lipinski definition) is 0. The average molecular weight is 463 g/mol. The van der Waals surface area contributed by atoms with Gasteiger partial charge in [-0.2, -0.15) is 0 Å². The van der Waals surface area contributed by atoms with Crippen molar-refractivity contribution in [1.82, 2.24) is 0 Å². The van der Waals surface area contributed by atoms with E-state index in [1.54, 1.807) is 0 Å². The summed E-state index contributed by atoms with van der Waals surface area (Å²) in [5.74, 6) is -0.411. The fraction of sp³-hybridized carbons (Fsp3) is 0.917. The molecule has 0 aliphatic carbocycles. The van der Waals surface area contributed by atoms with Crippen LogP contribution in [0, 0.1) is 0 Å². The van der Waals surface area contributed by atoms with E-state index in [1.165, 1.54) is 0 Å². The summed E-state index contributed by atoms with van der Waals surface area (Å²) in [6.07, 6.45) is 8.44. The van der Waals surface area contributed by atoms with Gasteiger partial charge in [-0.15, -0.1) is 0 Å². The van der Waals surface area contributed by atoms with Crippen LogP contribution >= 0.6 is 0 Å². The van der Waals surface area contributed by atoms with Crippen molar-refractivity contribution in [1.29, 1.82) is 0 Å². The van der Waals surface area contributed by atoms with E-state index in [4.69, 9.17) is 28.4 Å². The lowest BCUT2D eigenvalue weighted by molar-refractivity contribution is -0.146. The normalized spacial score (nSPS) is 10.9. The van der Waals surface area contributed by atoms with Gasteiger partial charge in [-0.3, -0.25) is 9.59 Å². The predicted octanol–water partition coefficient (Wildman–Crippen LogP) is 4.08. The van der Waals surface area contributed by atoms with Gasteiger partial charge in [-0.05, 0) is 25.7 Å². The molecule has 0 saturated heterocycles. The highest BCUT2D eigenvalue weighted by Gasteiger charge is 2.05. The lowest BCUT2D eigenvalue weighted by Crippen LogP contribution is -2.13. The van der Waals surface area contributed by atoms with Crippen molar-refractivity contribution in [2.75, 3.05) is 66.1 Å². The summed E-state index contributed by atoms with van der Waals surface area (Å²) < 4.78 is 31.7. The highest BCUT2D eigenvalue weighted by atomic mass is 16.6. The van der Waals surface area contributed by atoms with E-state index < -0.39 is 0 Å². The first-order chi connectivity index (χ1) is 15.7. The molecule has 0 unspecified atom stereocenters. The third-order valence-corrected chi connectivity index (χ3v) is 4.52. The Morgan fingerprint density at radius 3 is 1.16 bits per heavy atom. The number of carbonyl (C=O) groups is 2.